The van der Waals surface area contributed by atoms with Gasteiger partial charge in [0.25, 0.3) is 0 Å². The second kappa shape index (κ2) is 8.03. The van der Waals surface area contributed by atoms with Crippen molar-refractivity contribution in [2.24, 2.45) is 0 Å². The van der Waals surface area contributed by atoms with Gasteiger partial charge in [0.2, 0.25) is 0 Å². The maximum Gasteiger partial charge on any atom is 0.127 e. The lowest BCUT2D eigenvalue weighted by Gasteiger charge is -2.30. The molecule has 1 aliphatic heterocycles. The molecule has 134 valence electrons. The highest BCUT2D eigenvalue weighted by atomic mass is 15.3. The summed E-state index contributed by atoms with van der Waals surface area (Å²) < 4.78 is 0. The molecule has 0 spiro atoms. The Morgan fingerprint density at radius 2 is 1.15 bits per heavy atom. The summed E-state index contributed by atoms with van der Waals surface area (Å²) in [5.74, 6) is 0. The topological polar surface area (TPSA) is 8.88 Å². The van der Waals surface area contributed by atoms with Crippen LogP contribution in [0.15, 0.2) is 66.7 Å². The lowest BCUT2D eigenvalue weighted by molar-refractivity contribution is -1.02. The minimum absolute atomic E-state index is 1.13. The van der Waals surface area contributed by atoms with Crippen molar-refractivity contribution in [1.82, 2.24) is 0 Å². The number of fused-ring (bicyclic) bond motifs is 1. The van der Waals surface area contributed by atoms with Crippen molar-refractivity contribution >= 4 is 10.8 Å². The van der Waals surface area contributed by atoms with Crippen LogP contribution in [0.3, 0.4) is 0 Å². The molecule has 1 saturated heterocycles. The van der Waals surface area contributed by atoms with Crippen LogP contribution in [-0.2, 0) is 19.5 Å². The normalized spacial score (nSPS) is 20.3. The van der Waals surface area contributed by atoms with Gasteiger partial charge in [-0.05, 0) is 28.8 Å². The van der Waals surface area contributed by atoms with Gasteiger partial charge in [-0.2, -0.15) is 0 Å². The van der Waals surface area contributed by atoms with Gasteiger partial charge < -0.3 is 9.80 Å². The summed E-state index contributed by atoms with van der Waals surface area (Å²) in [4.78, 5) is 3.46. The van der Waals surface area contributed by atoms with Gasteiger partial charge in [0, 0.05) is 11.1 Å². The third kappa shape index (κ3) is 4.14. The first-order valence-electron chi connectivity index (χ1n) is 10.0. The predicted octanol–water partition coefficient (Wildman–Crippen LogP) is 1.89. The van der Waals surface area contributed by atoms with E-state index in [0.717, 1.165) is 13.0 Å². The average Bonchev–Trinajstić information content (AvgIpc) is 2.70. The Bertz CT molecular complexity index is 845. The second-order valence-corrected chi connectivity index (χ2v) is 7.71. The molecule has 0 amide bonds. The van der Waals surface area contributed by atoms with E-state index in [-0.39, 0.29) is 0 Å². The van der Waals surface area contributed by atoms with Crippen molar-refractivity contribution in [2.45, 2.75) is 26.4 Å². The lowest BCUT2D eigenvalue weighted by atomic mass is 10.1. The van der Waals surface area contributed by atoms with Crippen LogP contribution in [0, 0.1) is 0 Å². The molecular weight excluding hydrogens is 316 g/mol. The van der Waals surface area contributed by atoms with E-state index < -0.39 is 0 Å². The van der Waals surface area contributed by atoms with E-state index in [2.05, 4.69) is 73.7 Å². The summed E-state index contributed by atoms with van der Waals surface area (Å²) in [5.41, 5.74) is 4.39. The molecule has 2 heteroatoms. The number of hydrogen-bond acceptors (Lipinski definition) is 0. The van der Waals surface area contributed by atoms with Gasteiger partial charge in [-0.3, -0.25) is 0 Å². The fourth-order valence-corrected chi connectivity index (χ4v) is 4.13. The zero-order chi connectivity index (χ0) is 17.8. The smallest absolute Gasteiger partial charge is 0.127 e. The molecule has 3 aromatic rings. The summed E-state index contributed by atoms with van der Waals surface area (Å²) in [6, 6.07) is 24.8. The molecule has 0 radical (unpaired) electrons. The Morgan fingerprint density at radius 3 is 1.81 bits per heavy atom. The van der Waals surface area contributed by atoms with E-state index in [4.69, 9.17) is 0 Å². The highest BCUT2D eigenvalue weighted by molar-refractivity contribution is 5.82. The Balaban J connectivity index is 1.31. The summed E-state index contributed by atoms with van der Waals surface area (Å²) in [7, 11) is 0. The van der Waals surface area contributed by atoms with Crippen LogP contribution in [0.4, 0.5) is 0 Å². The zero-order valence-corrected chi connectivity index (χ0v) is 15.8. The highest BCUT2D eigenvalue weighted by Gasteiger charge is 2.23. The van der Waals surface area contributed by atoms with Crippen LogP contribution < -0.4 is 9.80 Å². The molecule has 2 N–H and O–H groups in total. The van der Waals surface area contributed by atoms with Gasteiger partial charge in [0.1, 0.15) is 39.3 Å². The fraction of sp³-hybridized carbons (Fsp3) is 0.333. The van der Waals surface area contributed by atoms with E-state index in [1.54, 1.807) is 9.80 Å². The number of nitrogens with one attached hydrogen (secondary N) is 2. The molecule has 0 aliphatic carbocycles. The lowest BCUT2D eigenvalue weighted by Crippen LogP contribution is -3.27. The number of benzene rings is 3. The molecule has 2 nitrogen and oxygen atoms in total. The molecule has 0 atom stereocenters. The van der Waals surface area contributed by atoms with Crippen LogP contribution in [-0.4, -0.2) is 26.2 Å². The van der Waals surface area contributed by atoms with Gasteiger partial charge in [0.05, 0.1) is 0 Å². The van der Waals surface area contributed by atoms with Crippen LogP contribution >= 0.6 is 0 Å². The number of rotatable bonds is 5. The predicted molar refractivity (Wildman–Crippen MR) is 109 cm³/mol. The summed E-state index contributed by atoms with van der Waals surface area (Å²) in [5, 5.41) is 2.71. The minimum Gasteiger partial charge on any atom is -0.322 e. The molecule has 3 aromatic carbocycles. The van der Waals surface area contributed by atoms with Gasteiger partial charge in [-0.15, -0.1) is 0 Å². The van der Waals surface area contributed by atoms with E-state index >= 15 is 0 Å². The van der Waals surface area contributed by atoms with Gasteiger partial charge >= 0.3 is 0 Å². The van der Waals surface area contributed by atoms with E-state index in [9.17, 15) is 0 Å². The van der Waals surface area contributed by atoms with Crippen LogP contribution in [0.1, 0.15) is 23.6 Å². The zero-order valence-electron chi connectivity index (χ0n) is 15.8. The third-order valence-electron chi connectivity index (χ3n) is 5.82. The first-order chi connectivity index (χ1) is 12.8. The number of aryl methyl sites for hydroxylation is 1. The van der Waals surface area contributed by atoms with Crippen molar-refractivity contribution < 1.29 is 9.80 Å². The van der Waals surface area contributed by atoms with E-state index in [1.165, 1.54) is 60.2 Å². The quantitative estimate of drug-likeness (QED) is 0.698. The van der Waals surface area contributed by atoms with Gasteiger partial charge in [-0.25, -0.2) is 0 Å². The molecular formula is C24H30N2+2. The Kier molecular flexibility index (Phi) is 5.33. The number of quaternary nitrogens is 2. The molecule has 4 rings (SSSR count). The SMILES string of the molecule is CCc1ccc(C[NH+]2CC[NH+](Cc3ccc4ccccc4c3)CC2)cc1. The average molecular weight is 347 g/mol. The van der Waals surface area contributed by atoms with Gasteiger partial charge in [-0.1, -0.05) is 67.6 Å². The molecule has 1 aliphatic rings. The highest BCUT2D eigenvalue weighted by Crippen LogP contribution is 2.15. The van der Waals surface area contributed by atoms with Crippen molar-refractivity contribution in [2.75, 3.05) is 26.2 Å². The summed E-state index contributed by atoms with van der Waals surface area (Å²) in [6.45, 7) is 9.65. The van der Waals surface area contributed by atoms with E-state index in [1.807, 2.05) is 0 Å². The fourth-order valence-electron chi connectivity index (χ4n) is 4.13. The van der Waals surface area contributed by atoms with Crippen LogP contribution in [0.25, 0.3) is 10.8 Å². The standard InChI is InChI=1S/C24H28N2/c1-2-20-7-9-21(10-8-20)18-25-13-15-26(16-14-25)19-22-11-12-23-5-3-4-6-24(23)17-22/h3-12,17H,2,13-16,18-19H2,1H3/p+2. The molecule has 1 heterocycles. The largest absolute Gasteiger partial charge is 0.322 e. The number of piperazine rings is 1. The molecule has 0 bridgehead atoms. The third-order valence-corrected chi connectivity index (χ3v) is 5.82. The Morgan fingerprint density at radius 1 is 0.615 bits per heavy atom. The van der Waals surface area contributed by atoms with Crippen molar-refractivity contribution in [3.63, 3.8) is 0 Å². The van der Waals surface area contributed by atoms with Crippen molar-refractivity contribution in [3.05, 3.63) is 83.4 Å². The first-order valence-corrected chi connectivity index (χ1v) is 10.0. The number of hydrogen-bond donors (Lipinski definition) is 2. The van der Waals surface area contributed by atoms with Crippen molar-refractivity contribution in [1.29, 1.82) is 0 Å². The summed E-state index contributed by atoms with van der Waals surface area (Å²) >= 11 is 0. The Hall–Kier alpha value is -2.16. The molecule has 0 unspecified atom stereocenters. The van der Waals surface area contributed by atoms with Crippen LogP contribution in [0.2, 0.25) is 0 Å². The molecule has 1 fully saturated rings. The van der Waals surface area contributed by atoms with Crippen molar-refractivity contribution in [3.8, 4) is 0 Å². The minimum atomic E-state index is 1.13. The Labute approximate surface area is 157 Å². The monoisotopic (exact) mass is 346 g/mol. The van der Waals surface area contributed by atoms with E-state index in [0.29, 0.717) is 0 Å². The molecule has 0 aromatic heterocycles. The van der Waals surface area contributed by atoms with Gasteiger partial charge in [0.15, 0.2) is 0 Å². The molecule has 26 heavy (non-hydrogen) atoms. The van der Waals surface area contributed by atoms with Crippen LogP contribution in [0.5, 0.6) is 0 Å². The molecule has 0 saturated carbocycles. The maximum absolute atomic E-state index is 2.37. The first kappa shape index (κ1) is 17.3. The second-order valence-electron chi connectivity index (χ2n) is 7.71. The summed E-state index contributed by atoms with van der Waals surface area (Å²) in [6.07, 6.45) is 1.13. The maximum atomic E-state index is 2.37.